The van der Waals surface area contributed by atoms with Gasteiger partial charge < -0.3 is 37.6 Å². The van der Waals surface area contributed by atoms with E-state index in [1.807, 2.05) is 18.2 Å². The van der Waals surface area contributed by atoms with E-state index in [0.717, 1.165) is 25.0 Å². The number of epoxide rings is 4. The summed E-state index contributed by atoms with van der Waals surface area (Å²) in [6, 6.07) is 0. The highest BCUT2D eigenvalue weighted by atomic mass is 19.2. The lowest BCUT2D eigenvalue weighted by Gasteiger charge is -2.37. The molecular formula is C49H52F8N2O8. The molecule has 362 valence electrons. The maximum absolute atomic E-state index is 16.0. The topological polar surface area (TPSA) is 117 Å². The van der Waals surface area contributed by atoms with E-state index in [1.54, 1.807) is 13.0 Å². The normalized spacial score (nSPS) is 26.4. The monoisotopic (exact) mass is 948 g/mol. The molecule has 7 unspecified atom stereocenters. The Balaban J connectivity index is 1.00. The lowest BCUT2D eigenvalue weighted by atomic mass is 9.78. The molecule has 4 aliphatic heterocycles. The molecule has 0 N–H and O–H groups in total. The van der Waals surface area contributed by atoms with Gasteiger partial charge in [0.05, 0.1) is 50.8 Å². The van der Waals surface area contributed by atoms with Gasteiger partial charge in [-0.15, -0.1) is 10.2 Å². The zero-order chi connectivity index (χ0) is 47.5. The van der Waals surface area contributed by atoms with Crippen molar-refractivity contribution in [3.05, 3.63) is 99.4 Å². The van der Waals surface area contributed by atoms with Gasteiger partial charge in [-0.05, 0) is 75.7 Å². The molecule has 18 heteroatoms. The van der Waals surface area contributed by atoms with Crippen LogP contribution in [0.2, 0.25) is 0 Å². The molecule has 6 aliphatic rings. The van der Waals surface area contributed by atoms with E-state index in [1.165, 1.54) is 6.92 Å². The number of rotatable bonds is 20. The van der Waals surface area contributed by atoms with Gasteiger partial charge in [-0.2, -0.15) is 8.78 Å². The maximum Gasteiger partial charge on any atom is 0.254 e. The second-order valence-electron chi connectivity index (χ2n) is 18.7. The molecule has 0 radical (unpaired) electrons. The summed E-state index contributed by atoms with van der Waals surface area (Å²) in [6.45, 7) is 11.5. The Labute approximate surface area is 382 Å². The van der Waals surface area contributed by atoms with Crippen LogP contribution >= 0.6 is 0 Å². The molecule has 4 fully saturated rings. The predicted molar refractivity (Wildman–Crippen MR) is 224 cm³/mol. The molecule has 0 bridgehead atoms. The molecule has 4 saturated heterocycles. The largest absolute Gasteiger partial charge is 0.492 e. The van der Waals surface area contributed by atoms with Crippen LogP contribution in [0.4, 0.5) is 35.1 Å². The smallest absolute Gasteiger partial charge is 0.254 e. The number of hydrogen-bond acceptors (Lipinski definition) is 10. The first-order valence-electron chi connectivity index (χ1n) is 23.0. The van der Waals surface area contributed by atoms with Crippen LogP contribution in [0.25, 0.3) is 22.9 Å². The van der Waals surface area contributed by atoms with Gasteiger partial charge >= 0.3 is 0 Å². The minimum Gasteiger partial charge on any atom is -0.492 e. The number of hydrogen-bond donors (Lipinski definition) is 0. The van der Waals surface area contributed by atoms with Crippen molar-refractivity contribution in [1.82, 2.24) is 10.2 Å². The van der Waals surface area contributed by atoms with Crippen LogP contribution in [0.1, 0.15) is 104 Å². The van der Waals surface area contributed by atoms with Gasteiger partial charge in [0.1, 0.15) is 39.8 Å². The van der Waals surface area contributed by atoms with Crippen LogP contribution < -0.4 is 4.74 Å². The van der Waals surface area contributed by atoms with Crippen LogP contribution in [0, 0.1) is 63.8 Å². The van der Waals surface area contributed by atoms with Crippen molar-refractivity contribution < 1.29 is 72.7 Å². The highest BCUT2D eigenvalue weighted by Crippen LogP contribution is 2.48. The van der Waals surface area contributed by atoms with Gasteiger partial charge in [-0.25, -0.2) is 26.3 Å². The van der Waals surface area contributed by atoms with Crippen LogP contribution in [0.15, 0.2) is 51.8 Å². The minimum absolute atomic E-state index is 0.0224. The summed E-state index contributed by atoms with van der Waals surface area (Å²) in [4.78, 5) is 0. The van der Waals surface area contributed by atoms with E-state index in [-0.39, 0.29) is 66.9 Å². The third-order valence-electron chi connectivity index (χ3n) is 13.9. The molecule has 0 saturated carbocycles. The summed E-state index contributed by atoms with van der Waals surface area (Å²) in [5.74, 6) is -18.2. The second-order valence-corrected chi connectivity index (χ2v) is 18.7. The van der Waals surface area contributed by atoms with Gasteiger partial charge in [-0.1, -0.05) is 27.7 Å². The zero-order valence-electron chi connectivity index (χ0n) is 37.7. The summed E-state index contributed by atoms with van der Waals surface area (Å²) in [6.07, 6.45) is 11.3. The van der Waals surface area contributed by atoms with Crippen LogP contribution in [-0.2, 0) is 28.4 Å². The molecule has 1 aromatic heterocycles. The fourth-order valence-corrected chi connectivity index (χ4v) is 9.16. The number of ether oxygens (including phenoxy) is 7. The SMILES string of the molecule is CCC(C)c1c(F)c(F)c(-c2nnc(-c3c(F)c(F)c(OC4=CC(CC5CO5)(CC5CO5)C=C(OC5=CC=C(OC(C)(CC)CC)C(C(CC6CO6)C6CO6)C5)CC4)c(F)c3F)o2)c(F)c1F. The standard InChI is InChI=1S/C49H52F8N2O8/c1-6-23(4)34-37(50)39(52)35(40(53)38(34)51)46-58-59-47(66-46)36-41(54)43(56)45(44(57)42(36)55)65-26-10-9-25(15-49(16-26,17-28-20-61-28)18-29-21-62-29)64-24-11-12-32(67-48(5,7-2)8-3)30(13-24)31(33-22-63-33)14-27-19-60-27/h11-12,15-16,23,27-31,33H,6-10,13-14,17-22H2,1-5H3. The predicted octanol–water partition coefficient (Wildman–Crippen LogP) is 11.7. The molecule has 2 aromatic carbocycles. The fraction of sp³-hybridized carbons (Fsp3) is 0.551. The molecule has 0 spiro atoms. The molecule has 7 atom stereocenters. The summed E-state index contributed by atoms with van der Waals surface area (Å²) < 4.78 is 171. The molecule has 3 aromatic rings. The average Bonchev–Trinajstić information content (AvgIpc) is 4.06. The van der Waals surface area contributed by atoms with Crippen molar-refractivity contribution in [1.29, 1.82) is 0 Å². The minimum atomic E-state index is -2.05. The second kappa shape index (κ2) is 18.6. The van der Waals surface area contributed by atoms with E-state index in [0.29, 0.717) is 57.2 Å². The first-order chi connectivity index (χ1) is 32.0. The summed E-state index contributed by atoms with van der Waals surface area (Å²) in [7, 11) is 0. The Morgan fingerprint density at radius 2 is 1.18 bits per heavy atom. The first kappa shape index (κ1) is 47.3. The van der Waals surface area contributed by atoms with E-state index in [2.05, 4.69) is 31.0 Å². The van der Waals surface area contributed by atoms with E-state index >= 15 is 26.3 Å². The van der Waals surface area contributed by atoms with Crippen molar-refractivity contribution in [2.24, 2.45) is 17.3 Å². The summed E-state index contributed by atoms with van der Waals surface area (Å²) in [5.41, 5.74) is -5.19. The first-order valence-corrected chi connectivity index (χ1v) is 23.0. The Morgan fingerprint density at radius 1 is 0.672 bits per heavy atom. The van der Waals surface area contributed by atoms with Crippen molar-refractivity contribution in [2.75, 3.05) is 26.4 Å². The van der Waals surface area contributed by atoms with E-state index in [9.17, 15) is 8.78 Å². The molecule has 9 rings (SSSR count). The lowest BCUT2D eigenvalue weighted by Crippen LogP contribution is -2.33. The summed E-state index contributed by atoms with van der Waals surface area (Å²) >= 11 is 0. The Morgan fingerprint density at radius 3 is 1.66 bits per heavy atom. The maximum atomic E-state index is 16.0. The third-order valence-corrected chi connectivity index (χ3v) is 13.9. The van der Waals surface area contributed by atoms with Crippen molar-refractivity contribution in [2.45, 2.75) is 128 Å². The average molecular weight is 949 g/mol. The third kappa shape index (κ3) is 9.91. The van der Waals surface area contributed by atoms with Gasteiger partial charge in [0.2, 0.25) is 17.4 Å². The van der Waals surface area contributed by atoms with Gasteiger partial charge in [0.15, 0.2) is 34.9 Å². The van der Waals surface area contributed by atoms with Crippen molar-refractivity contribution in [3.8, 4) is 28.7 Å². The van der Waals surface area contributed by atoms with E-state index in [4.69, 9.17) is 37.6 Å². The fourth-order valence-electron chi connectivity index (χ4n) is 9.16. The highest BCUT2D eigenvalue weighted by Gasteiger charge is 2.47. The lowest BCUT2D eigenvalue weighted by molar-refractivity contribution is -0.0155. The van der Waals surface area contributed by atoms with Gasteiger partial charge in [0, 0.05) is 42.1 Å². The molecule has 0 amide bonds. The number of nitrogens with zero attached hydrogens (tertiary/aromatic N) is 2. The number of benzene rings is 2. The Kier molecular flexibility index (Phi) is 13.1. The molecule has 2 aliphatic carbocycles. The molecule has 5 heterocycles. The van der Waals surface area contributed by atoms with Crippen LogP contribution in [0.5, 0.6) is 5.75 Å². The van der Waals surface area contributed by atoms with Gasteiger partial charge in [-0.3, -0.25) is 0 Å². The molecule has 67 heavy (non-hydrogen) atoms. The quantitative estimate of drug-likeness (QED) is 0.0616. The van der Waals surface area contributed by atoms with E-state index < -0.39 is 92.1 Å². The Bertz CT molecular complexity index is 2450. The highest BCUT2D eigenvalue weighted by molar-refractivity contribution is 5.62. The van der Waals surface area contributed by atoms with Crippen molar-refractivity contribution in [3.63, 3.8) is 0 Å². The number of allylic oxidation sites excluding steroid dienone is 8. The van der Waals surface area contributed by atoms with Crippen LogP contribution in [-0.4, -0.2) is 66.6 Å². The number of halogens is 8. The van der Waals surface area contributed by atoms with Gasteiger partial charge in [0.25, 0.3) is 11.8 Å². The zero-order valence-corrected chi connectivity index (χ0v) is 37.7. The molecule has 10 nitrogen and oxygen atoms in total. The van der Waals surface area contributed by atoms with Crippen LogP contribution in [0.3, 0.4) is 0 Å². The molecular weight excluding hydrogens is 897 g/mol. The Hall–Kier alpha value is -4.78. The van der Waals surface area contributed by atoms with Crippen molar-refractivity contribution >= 4 is 0 Å². The number of aromatic nitrogens is 2. The summed E-state index contributed by atoms with van der Waals surface area (Å²) in [5, 5.41) is 6.62.